The third kappa shape index (κ3) is 2.13. The van der Waals surface area contributed by atoms with Crippen molar-refractivity contribution in [3.8, 4) is 10.6 Å². The highest BCUT2D eigenvalue weighted by atomic mass is 32.1. The molecule has 5 heteroatoms. The maximum absolute atomic E-state index is 10.8. The van der Waals surface area contributed by atoms with Crippen LogP contribution in [-0.2, 0) is 6.42 Å². The Morgan fingerprint density at radius 2 is 2.11 bits per heavy atom. The van der Waals surface area contributed by atoms with Crippen LogP contribution in [0, 0.1) is 10.1 Å². The summed E-state index contributed by atoms with van der Waals surface area (Å²) in [5, 5.41) is 11.6. The Balaban J connectivity index is 2.08. The molecule has 96 valence electrons. The molecule has 19 heavy (non-hydrogen) atoms. The number of hydrogen-bond donors (Lipinski definition) is 1. The van der Waals surface area contributed by atoms with Crippen molar-refractivity contribution in [2.24, 2.45) is 0 Å². The summed E-state index contributed by atoms with van der Waals surface area (Å²) < 4.78 is 0. The van der Waals surface area contributed by atoms with E-state index >= 15 is 0 Å². The summed E-state index contributed by atoms with van der Waals surface area (Å²) in [4.78, 5) is 16.2. The van der Waals surface area contributed by atoms with Crippen molar-refractivity contribution in [2.75, 3.05) is 0 Å². The van der Waals surface area contributed by atoms with Crippen molar-refractivity contribution in [2.45, 2.75) is 13.3 Å². The molecule has 3 aromatic rings. The van der Waals surface area contributed by atoms with E-state index in [4.69, 9.17) is 0 Å². The normalized spacial score (nSPS) is 11.0. The molecule has 1 aromatic carbocycles. The average Bonchev–Trinajstić information content (AvgIpc) is 3.03. The van der Waals surface area contributed by atoms with Crippen LogP contribution in [0.1, 0.15) is 11.8 Å². The monoisotopic (exact) mass is 272 g/mol. The molecule has 0 saturated heterocycles. The van der Waals surface area contributed by atoms with Gasteiger partial charge in [0.05, 0.1) is 15.5 Å². The Morgan fingerprint density at radius 3 is 2.79 bits per heavy atom. The zero-order chi connectivity index (χ0) is 13.4. The molecule has 0 aliphatic carbocycles. The molecular weight excluding hydrogens is 260 g/mol. The number of hydrogen-bond acceptors (Lipinski definition) is 3. The Bertz CT molecular complexity index is 758. The van der Waals surface area contributed by atoms with Crippen LogP contribution in [-0.4, -0.2) is 9.91 Å². The van der Waals surface area contributed by atoms with Crippen LogP contribution < -0.4 is 0 Å². The van der Waals surface area contributed by atoms with Crippen molar-refractivity contribution in [3.05, 3.63) is 51.4 Å². The molecule has 0 radical (unpaired) electrons. The van der Waals surface area contributed by atoms with Crippen LogP contribution in [0.4, 0.5) is 5.69 Å². The number of nitro groups is 1. The molecule has 0 unspecified atom stereocenters. The van der Waals surface area contributed by atoms with Gasteiger partial charge in [-0.2, -0.15) is 0 Å². The van der Waals surface area contributed by atoms with Crippen molar-refractivity contribution >= 4 is 27.9 Å². The van der Waals surface area contributed by atoms with Crippen LogP contribution in [0.25, 0.3) is 21.5 Å². The van der Waals surface area contributed by atoms with E-state index in [1.54, 1.807) is 23.5 Å². The predicted molar refractivity (Wildman–Crippen MR) is 77.6 cm³/mol. The van der Waals surface area contributed by atoms with Crippen molar-refractivity contribution in [1.29, 1.82) is 0 Å². The fraction of sp³-hybridized carbons (Fsp3) is 0.143. The summed E-state index contributed by atoms with van der Waals surface area (Å²) in [6, 6.07) is 11.0. The molecule has 3 rings (SSSR count). The first kappa shape index (κ1) is 11.9. The first-order valence-corrected chi connectivity index (χ1v) is 6.85. The molecule has 0 bridgehead atoms. The SMILES string of the molecule is CCc1ccc(-c2cc3cc([N+](=O)[O-])ccc3[nH]2)s1. The van der Waals surface area contributed by atoms with E-state index in [-0.39, 0.29) is 10.6 Å². The molecule has 0 aliphatic heterocycles. The van der Waals surface area contributed by atoms with E-state index in [1.807, 2.05) is 6.07 Å². The van der Waals surface area contributed by atoms with Crippen LogP contribution in [0.2, 0.25) is 0 Å². The highest BCUT2D eigenvalue weighted by molar-refractivity contribution is 7.15. The molecule has 0 spiro atoms. The molecule has 0 fully saturated rings. The van der Waals surface area contributed by atoms with Gasteiger partial charge in [-0.05, 0) is 30.7 Å². The van der Waals surface area contributed by atoms with Gasteiger partial charge in [-0.15, -0.1) is 11.3 Å². The Morgan fingerprint density at radius 1 is 1.26 bits per heavy atom. The molecule has 0 aliphatic rings. The number of non-ortho nitro benzene ring substituents is 1. The second kappa shape index (κ2) is 4.51. The molecular formula is C14H12N2O2S. The van der Waals surface area contributed by atoms with E-state index in [2.05, 4.69) is 24.0 Å². The third-order valence-electron chi connectivity index (χ3n) is 3.09. The topological polar surface area (TPSA) is 58.9 Å². The number of thiophene rings is 1. The van der Waals surface area contributed by atoms with E-state index in [0.29, 0.717) is 0 Å². The van der Waals surface area contributed by atoms with Gasteiger partial charge in [0.25, 0.3) is 5.69 Å². The quantitative estimate of drug-likeness (QED) is 0.568. The maximum atomic E-state index is 10.8. The lowest BCUT2D eigenvalue weighted by Crippen LogP contribution is -1.86. The number of rotatable bonds is 3. The Labute approximate surface area is 113 Å². The maximum Gasteiger partial charge on any atom is 0.270 e. The molecule has 0 saturated carbocycles. The number of benzene rings is 1. The number of aromatic nitrogens is 1. The molecule has 1 N–H and O–H groups in total. The highest BCUT2D eigenvalue weighted by Gasteiger charge is 2.10. The van der Waals surface area contributed by atoms with Gasteiger partial charge >= 0.3 is 0 Å². The average molecular weight is 272 g/mol. The van der Waals surface area contributed by atoms with E-state index in [1.165, 1.54) is 10.9 Å². The van der Waals surface area contributed by atoms with E-state index in [9.17, 15) is 10.1 Å². The second-order valence-electron chi connectivity index (χ2n) is 4.33. The van der Waals surface area contributed by atoms with E-state index < -0.39 is 0 Å². The summed E-state index contributed by atoms with van der Waals surface area (Å²) in [6.07, 6.45) is 1.02. The van der Waals surface area contributed by atoms with Crippen molar-refractivity contribution < 1.29 is 4.92 Å². The van der Waals surface area contributed by atoms with Crippen molar-refractivity contribution in [1.82, 2.24) is 4.98 Å². The number of aromatic amines is 1. The summed E-state index contributed by atoms with van der Waals surface area (Å²) in [5.41, 5.74) is 2.06. The van der Waals surface area contributed by atoms with Crippen molar-refractivity contribution in [3.63, 3.8) is 0 Å². The fourth-order valence-electron chi connectivity index (χ4n) is 2.08. The van der Waals surface area contributed by atoms with Gasteiger partial charge in [0, 0.05) is 27.9 Å². The second-order valence-corrected chi connectivity index (χ2v) is 5.50. The minimum atomic E-state index is -0.369. The Hall–Kier alpha value is -2.14. The van der Waals surface area contributed by atoms with Gasteiger partial charge in [-0.1, -0.05) is 6.92 Å². The smallest absolute Gasteiger partial charge is 0.270 e. The van der Waals surface area contributed by atoms with Crippen LogP contribution in [0.5, 0.6) is 0 Å². The van der Waals surface area contributed by atoms with Gasteiger partial charge in [0.15, 0.2) is 0 Å². The number of aryl methyl sites for hydroxylation is 1. The number of nitrogens with one attached hydrogen (secondary N) is 1. The van der Waals surface area contributed by atoms with Crippen LogP contribution in [0.3, 0.4) is 0 Å². The molecule has 0 amide bonds. The van der Waals surface area contributed by atoms with Gasteiger partial charge < -0.3 is 4.98 Å². The lowest BCUT2D eigenvalue weighted by atomic mass is 10.2. The van der Waals surface area contributed by atoms with Crippen LogP contribution >= 0.6 is 11.3 Å². The summed E-state index contributed by atoms with van der Waals surface area (Å²) in [7, 11) is 0. The fourth-order valence-corrected chi connectivity index (χ4v) is 3.00. The highest BCUT2D eigenvalue weighted by Crippen LogP contribution is 2.31. The zero-order valence-corrected chi connectivity index (χ0v) is 11.2. The summed E-state index contributed by atoms with van der Waals surface area (Å²) in [5.74, 6) is 0. The molecule has 0 atom stereocenters. The minimum Gasteiger partial charge on any atom is -0.354 e. The van der Waals surface area contributed by atoms with Gasteiger partial charge in [-0.25, -0.2) is 0 Å². The Kier molecular flexibility index (Phi) is 2.83. The number of fused-ring (bicyclic) bond motifs is 1. The van der Waals surface area contributed by atoms with Gasteiger partial charge in [-0.3, -0.25) is 10.1 Å². The van der Waals surface area contributed by atoms with E-state index in [0.717, 1.165) is 27.9 Å². The lowest BCUT2D eigenvalue weighted by Gasteiger charge is -1.91. The number of nitrogens with zero attached hydrogens (tertiary/aromatic N) is 1. The molecule has 4 nitrogen and oxygen atoms in total. The van der Waals surface area contributed by atoms with Gasteiger partial charge in [0.2, 0.25) is 0 Å². The number of nitro benzene ring substituents is 1. The predicted octanol–water partition coefficient (Wildman–Crippen LogP) is 4.37. The first-order valence-electron chi connectivity index (χ1n) is 6.03. The standard InChI is InChI=1S/C14H12N2O2S/c1-2-11-4-6-14(19-11)13-8-9-7-10(16(17)18)3-5-12(9)15-13/h3-8,15H,2H2,1H3. The van der Waals surface area contributed by atoms with Crippen LogP contribution in [0.15, 0.2) is 36.4 Å². The molecule has 2 heterocycles. The number of H-pyrrole nitrogens is 1. The third-order valence-corrected chi connectivity index (χ3v) is 4.35. The van der Waals surface area contributed by atoms with Gasteiger partial charge in [0.1, 0.15) is 0 Å². The summed E-state index contributed by atoms with van der Waals surface area (Å²) in [6.45, 7) is 2.13. The first-order chi connectivity index (χ1) is 9.17. The lowest BCUT2D eigenvalue weighted by molar-refractivity contribution is -0.384. The zero-order valence-electron chi connectivity index (χ0n) is 10.3. The molecule has 2 aromatic heterocycles. The minimum absolute atomic E-state index is 0.124. The largest absolute Gasteiger partial charge is 0.354 e. The summed E-state index contributed by atoms with van der Waals surface area (Å²) >= 11 is 1.75.